The van der Waals surface area contributed by atoms with Crippen LogP contribution in [0.1, 0.15) is 47.3 Å². The molecule has 0 radical (unpaired) electrons. The van der Waals surface area contributed by atoms with Crippen LogP contribution in [0.5, 0.6) is 0 Å². The number of benzene rings is 2. The number of amides is 1. The molecule has 1 fully saturated rings. The zero-order chi connectivity index (χ0) is 17.9. The van der Waals surface area contributed by atoms with Gasteiger partial charge in [-0.25, -0.2) is 0 Å². The molecule has 4 heteroatoms. The molecule has 0 bridgehead atoms. The minimum atomic E-state index is 0.0382. The average molecular weight is 349 g/mol. The highest BCUT2D eigenvalue weighted by molar-refractivity contribution is 5.96. The number of fused-ring (bicyclic) bond motifs is 3. The summed E-state index contributed by atoms with van der Waals surface area (Å²) < 4.78 is 0. The van der Waals surface area contributed by atoms with Crippen molar-refractivity contribution in [1.29, 1.82) is 0 Å². The van der Waals surface area contributed by atoms with E-state index in [0.717, 1.165) is 51.1 Å². The fraction of sp³-hybridized carbons (Fsp3) is 0.409. The SMILES string of the molecule is CCCCNC(=O)c1ccc2c(c1)C(N1CCNCC1)c1ccccc1-2. The van der Waals surface area contributed by atoms with Crippen LogP contribution in [0, 0.1) is 0 Å². The molecular formula is C22H27N3O. The third-order valence-corrected chi connectivity index (χ3v) is 5.49. The normalized spacial score (nSPS) is 19.0. The van der Waals surface area contributed by atoms with Crippen LogP contribution in [0.2, 0.25) is 0 Å². The summed E-state index contributed by atoms with van der Waals surface area (Å²) in [7, 11) is 0. The van der Waals surface area contributed by atoms with E-state index in [1.807, 2.05) is 6.07 Å². The third kappa shape index (κ3) is 3.15. The van der Waals surface area contributed by atoms with E-state index in [9.17, 15) is 4.79 Å². The van der Waals surface area contributed by atoms with Crippen molar-refractivity contribution in [3.05, 3.63) is 59.2 Å². The van der Waals surface area contributed by atoms with E-state index in [-0.39, 0.29) is 11.9 Å². The second-order valence-corrected chi connectivity index (χ2v) is 7.19. The number of unbranched alkanes of at least 4 members (excludes halogenated alkanes) is 1. The van der Waals surface area contributed by atoms with Gasteiger partial charge in [0.25, 0.3) is 5.91 Å². The molecule has 4 nitrogen and oxygen atoms in total. The maximum atomic E-state index is 12.5. The molecule has 136 valence electrons. The highest BCUT2D eigenvalue weighted by atomic mass is 16.1. The Hall–Kier alpha value is -2.17. The molecule has 2 aromatic rings. The standard InChI is InChI=1S/C22H27N3O/c1-2-3-10-24-22(26)16-8-9-18-17-6-4-5-7-19(17)21(20(18)15-16)25-13-11-23-12-14-25/h4-9,15,21,23H,2-3,10-14H2,1H3,(H,24,26). The van der Waals surface area contributed by atoms with Gasteiger partial charge in [0.15, 0.2) is 0 Å². The lowest BCUT2D eigenvalue weighted by molar-refractivity contribution is 0.0953. The molecule has 1 unspecified atom stereocenters. The summed E-state index contributed by atoms with van der Waals surface area (Å²) >= 11 is 0. The highest BCUT2D eigenvalue weighted by Crippen LogP contribution is 2.46. The summed E-state index contributed by atoms with van der Waals surface area (Å²) in [5, 5.41) is 6.48. The van der Waals surface area contributed by atoms with Crippen molar-refractivity contribution in [2.24, 2.45) is 0 Å². The van der Waals surface area contributed by atoms with E-state index in [4.69, 9.17) is 0 Å². The fourth-order valence-electron chi connectivity index (χ4n) is 4.14. The molecule has 0 saturated carbocycles. The molecule has 0 spiro atoms. The van der Waals surface area contributed by atoms with E-state index >= 15 is 0 Å². The minimum absolute atomic E-state index is 0.0382. The third-order valence-electron chi connectivity index (χ3n) is 5.49. The van der Waals surface area contributed by atoms with Gasteiger partial charge < -0.3 is 10.6 Å². The van der Waals surface area contributed by atoms with Crippen molar-refractivity contribution in [3.63, 3.8) is 0 Å². The fourth-order valence-corrected chi connectivity index (χ4v) is 4.14. The number of piperazine rings is 1. The van der Waals surface area contributed by atoms with Gasteiger partial charge in [-0.15, -0.1) is 0 Å². The van der Waals surface area contributed by atoms with Crippen molar-refractivity contribution in [2.45, 2.75) is 25.8 Å². The Morgan fingerprint density at radius 3 is 2.69 bits per heavy atom. The Balaban J connectivity index is 1.68. The van der Waals surface area contributed by atoms with Crippen molar-refractivity contribution in [1.82, 2.24) is 15.5 Å². The van der Waals surface area contributed by atoms with E-state index in [2.05, 4.69) is 58.9 Å². The van der Waals surface area contributed by atoms with Crippen molar-refractivity contribution in [3.8, 4) is 11.1 Å². The molecule has 1 atom stereocenters. The molecule has 1 amide bonds. The summed E-state index contributed by atoms with van der Waals surface area (Å²) in [6, 6.07) is 15.1. The van der Waals surface area contributed by atoms with Crippen LogP contribution in [0.3, 0.4) is 0 Å². The van der Waals surface area contributed by atoms with Crippen molar-refractivity contribution < 1.29 is 4.79 Å². The zero-order valence-corrected chi connectivity index (χ0v) is 15.4. The van der Waals surface area contributed by atoms with Crippen LogP contribution in [0.15, 0.2) is 42.5 Å². The maximum Gasteiger partial charge on any atom is 0.251 e. The molecule has 2 aromatic carbocycles. The monoisotopic (exact) mass is 349 g/mol. The molecule has 26 heavy (non-hydrogen) atoms. The number of hydrogen-bond donors (Lipinski definition) is 2. The van der Waals surface area contributed by atoms with E-state index in [1.54, 1.807) is 0 Å². The highest BCUT2D eigenvalue weighted by Gasteiger charge is 2.33. The lowest BCUT2D eigenvalue weighted by atomic mass is 10.00. The average Bonchev–Trinajstić information content (AvgIpc) is 3.02. The van der Waals surface area contributed by atoms with Gasteiger partial charge >= 0.3 is 0 Å². The predicted molar refractivity (Wildman–Crippen MR) is 105 cm³/mol. The Morgan fingerprint density at radius 2 is 1.88 bits per heavy atom. The minimum Gasteiger partial charge on any atom is -0.352 e. The molecule has 1 saturated heterocycles. The Kier molecular flexibility index (Phi) is 5.05. The molecular weight excluding hydrogens is 322 g/mol. The summed E-state index contributed by atoms with van der Waals surface area (Å²) in [6.07, 6.45) is 2.11. The van der Waals surface area contributed by atoms with Gasteiger partial charge in [-0.3, -0.25) is 9.69 Å². The summed E-state index contributed by atoms with van der Waals surface area (Å²) in [6.45, 7) is 6.98. The molecule has 2 N–H and O–H groups in total. The van der Waals surface area contributed by atoms with Gasteiger partial charge in [0.05, 0.1) is 6.04 Å². The van der Waals surface area contributed by atoms with E-state index < -0.39 is 0 Å². The molecule has 4 rings (SSSR count). The smallest absolute Gasteiger partial charge is 0.251 e. The molecule has 0 aromatic heterocycles. The second-order valence-electron chi connectivity index (χ2n) is 7.19. The van der Waals surface area contributed by atoms with Gasteiger partial charge in [-0.05, 0) is 40.8 Å². The Bertz CT molecular complexity index is 796. The molecule has 1 aliphatic heterocycles. The van der Waals surface area contributed by atoms with Crippen LogP contribution < -0.4 is 10.6 Å². The van der Waals surface area contributed by atoms with Crippen LogP contribution in [-0.2, 0) is 0 Å². The largest absolute Gasteiger partial charge is 0.352 e. The van der Waals surface area contributed by atoms with Crippen molar-refractivity contribution in [2.75, 3.05) is 32.7 Å². The number of rotatable bonds is 5. The Labute approximate surface area is 155 Å². The van der Waals surface area contributed by atoms with E-state index in [0.29, 0.717) is 0 Å². The van der Waals surface area contributed by atoms with Gasteiger partial charge in [0.1, 0.15) is 0 Å². The number of nitrogens with zero attached hydrogens (tertiary/aromatic N) is 1. The van der Waals surface area contributed by atoms with Crippen LogP contribution in [0.4, 0.5) is 0 Å². The molecule has 1 heterocycles. The van der Waals surface area contributed by atoms with Crippen LogP contribution >= 0.6 is 0 Å². The van der Waals surface area contributed by atoms with E-state index in [1.165, 1.54) is 22.3 Å². The van der Waals surface area contributed by atoms with Crippen LogP contribution in [-0.4, -0.2) is 43.5 Å². The van der Waals surface area contributed by atoms with Gasteiger partial charge in [-0.1, -0.05) is 43.7 Å². The quantitative estimate of drug-likeness (QED) is 0.815. The first-order valence-electron chi connectivity index (χ1n) is 9.76. The van der Waals surface area contributed by atoms with Crippen molar-refractivity contribution >= 4 is 5.91 Å². The molecule has 1 aliphatic carbocycles. The predicted octanol–water partition coefficient (Wildman–Crippen LogP) is 3.19. The summed E-state index contributed by atoms with van der Waals surface area (Å²) in [5.74, 6) is 0.0382. The lowest BCUT2D eigenvalue weighted by Gasteiger charge is -2.34. The second kappa shape index (κ2) is 7.60. The first kappa shape index (κ1) is 17.3. The Morgan fingerprint density at radius 1 is 1.12 bits per heavy atom. The van der Waals surface area contributed by atoms with Gasteiger partial charge in [-0.2, -0.15) is 0 Å². The molecule has 2 aliphatic rings. The first-order valence-corrected chi connectivity index (χ1v) is 9.76. The number of hydrogen-bond acceptors (Lipinski definition) is 3. The number of carbonyl (C=O) groups excluding carboxylic acids is 1. The van der Waals surface area contributed by atoms with Gasteiger partial charge in [0, 0.05) is 38.3 Å². The number of nitrogens with one attached hydrogen (secondary N) is 2. The maximum absolute atomic E-state index is 12.5. The van der Waals surface area contributed by atoms with Crippen LogP contribution in [0.25, 0.3) is 11.1 Å². The topological polar surface area (TPSA) is 44.4 Å². The number of carbonyl (C=O) groups is 1. The first-order chi connectivity index (χ1) is 12.8. The zero-order valence-electron chi connectivity index (χ0n) is 15.4. The van der Waals surface area contributed by atoms with Gasteiger partial charge in [0.2, 0.25) is 0 Å². The summed E-state index contributed by atoms with van der Waals surface area (Å²) in [5.41, 5.74) is 6.00. The summed E-state index contributed by atoms with van der Waals surface area (Å²) in [4.78, 5) is 15.1. The lowest BCUT2D eigenvalue weighted by Crippen LogP contribution is -2.45.